The second-order valence-electron chi connectivity index (χ2n) is 8.89. The summed E-state index contributed by atoms with van der Waals surface area (Å²) in [6.45, 7) is 0. The first-order valence-electron chi connectivity index (χ1n) is 11.2. The molecule has 7 heteroatoms. The molecule has 166 valence electrons. The van der Waals surface area contributed by atoms with Crippen molar-refractivity contribution in [1.82, 2.24) is 19.7 Å². The van der Waals surface area contributed by atoms with Crippen LogP contribution in [0.1, 0.15) is 46.9 Å². The Morgan fingerprint density at radius 2 is 1.94 bits per heavy atom. The van der Waals surface area contributed by atoms with Crippen molar-refractivity contribution in [2.24, 2.45) is 7.05 Å². The van der Waals surface area contributed by atoms with E-state index >= 15 is 0 Å². The van der Waals surface area contributed by atoms with Crippen molar-refractivity contribution in [1.29, 1.82) is 0 Å². The number of fused-ring (bicyclic) bond motifs is 5. The van der Waals surface area contributed by atoms with Gasteiger partial charge in [-0.25, -0.2) is 8.78 Å². The van der Waals surface area contributed by atoms with E-state index in [1.54, 1.807) is 16.9 Å². The second-order valence-corrected chi connectivity index (χ2v) is 8.89. The highest BCUT2D eigenvalue weighted by molar-refractivity contribution is 5.98. The van der Waals surface area contributed by atoms with Crippen LogP contribution in [-0.4, -0.2) is 31.6 Å². The predicted molar refractivity (Wildman–Crippen MR) is 121 cm³/mol. The van der Waals surface area contributed by atoms with Gasteiger partial charge in [-0.3, -0.25) is 14.5 Å². The molecule has 0 N–H and O–H groups in total. The van der Waals surface area contributed by atoms with Gasteiger partial charge < -0.3 is 4.90 Å². The molecule has 2 aliphatic rings. The van der Waals surface area contributed by atoms with Gasteiger partial charge >= 0.3 is 0 Å². The monoisotopic (exact) mass is 444 g/mol. The Labute approximate surface area is 189 Å². The molecule has 2 atom stereocenters. The zero-order valence-corrected chi connectivity index (χ0v) is 18.1. The van der Waals surface area contributed by atoms with Crippen LogP contribution < -0.4 is 0 Å². The maximum Gasteiger partial charge on any atom is 0.254 e. The van der Waals surface area contributed by atoms with Crippen molar-refractivity contribution in [3.05, 3.63) is 83.2 Å². The molecule has 0 radical (unpaired) electrons. The fourth-order valence-electron chi connectivity index (χ4n) is 5.51. The van der Waals surface area contributed by atoms with Crippen molar-refractivity contribution < 1.29 is 13.6 Å². The molecule has 2 aromatic heterocycles. The van der Waals surface area contributed by atoms with Gasteiger partial charge in [0, 0.05) is 41.4 Å². The van der Waals surface area contributed by atoms with Crippen LogP contribution in [0.5, 0.6) is 0 Å². The van der Waals surface area contributed by atoms with Crippen molar-refractivity contribution in [3.8, 4) is 11.3 Å². The first-order valence-corrected chi connectivity index (χ1v) is 11.2. The Balaban J connectivity index is 1.42. The van der Waals surface area contributed by atoms with Gasteiger partial charge in [-0.1, -0.05) is 6.07 Å². The van der Waals surface area contributed by atoms with E-state index < -0.39 is 11.6 Å². The van der Waals surface area contributed by atoms with Gasteiger partial charge in [0.2, 0.25) is 0 Å². The van der Waals surface area contributed by atoms with Crippen molar-refractivity contribution >= 4 is 16.8 Å². The van der Waals surface area contributed by atoms with Gasteiger partial charge in [0.05, 0.1) is 22.9 Å². The SMILES string of the molecule is Cn1nc2c(c1-c1ccc(F)c(F)c1)C[C@@H]1CCC[C@H]2N1C(=O)c1ccc2ncccc2c1. The maximum atomic E-state index is 14.0. The molecule has 0 unspecified atom stereocenters. The third-order valence-corrected chi connectivity index (χ3v) is 6.95. The van der Waals surface area contributed by atoms with Crippen LogP contribution in [0, 0.1) is 11.6 Å². The number of carbonyl (C=O) groups is 1. The first-order chi connectivity index (χ1) is 16.0. The van der Waals surface area contributed by atoms with Crippen LogP contribution in [0.15, 0.2) is 54.7 Å². The predicted octanol–water partition coefficient (Wildman–Crippen LogP) is 5.21. The molecule has 1 fully saturated rings. The summed E-state index contributed by atoms with van der Waals surface area (Å²) in [6, 6.07) is 13.3. The van der Waals surface area contributed by atoms with Gasteiger partial charge in [-0.15, -0.1) is 0 Å². The number of benzene rings is 2. The molecule has 0 spiro atoms. The van der Waals surface area contributed by atoms with Gasteiger partial charge in [0.15, 0.2) is 11.6 Å². The molecule has 2 bridgehead atoms. The molecule has 6 rings (SSSR count). The van der Waals surface area contributed by atoms with Crippen LogP contribution >= 0.6 is 0 Å². The lowest BCUT2D eigenvalue weighted by Gasteiger charge is -2.45. The fourth-order valence-corrected chi connectivity index (χ4v) is 5.51. The summed E-state index contributed by atoms with van der Waals surface area (Å²) in [6.07, 6.45) is 5.15. The maximum absolute atomic E-state index is 14.0. The van der Waals surface area contributed by atoms with E-state index in [-0.39, 0.29) is 18.0 Å². The van der Waals surface area contributed by atoms with Crippen LogP contribution in [0.25, 0.3) is 22.2 Å². The summed E-state index contributed by atoms with van der Waals surface area (Å²) in [5, 5.41) is 5.71. The lowest BCUT2D eigenvalue weighted by molar-refractivity contribution is 0.0392. The summed E-state index contributed by atoms with van der Waals surface area (Å²) in [5.74, 6) is -1.74. The highest BCUT2D eigenvalue weighted by Crippen LogP contribution is 2.45. The molecule has 33 heavy (non-hydrogen) atoms. The minimum Gasteiger partial charge on any atom is -0.327 e. The van der Waals surface area contributed by atoms with E-state index in [4.69, 9.17) is 5.10 Å². The standard InChI is InChI=1S/C26H22F2N4O/c1-31-25(16-7-9-20(27)21(28)13-16)19-14-18-5-2-6-23(24(19)30-31)32(18)26(33)17-8-10-22-15(12-17)4-3-11-29-22/h3-4,7-13,18,23H,2,5-6,14H2,1H3/t18-,23+/m0/s1. The average Bonchev–Trinajstić information content (AvgIpc) is 3.15. The van der Waals surface area contributed by atoms with Crippen LogP contribution in [0.2, 0.25) is 0 Å². The number of hydrogen-bond donors (Lipinski definition) is 0. The number of aryl methyl sites for hydroxylation is 1. The van der Waals surface area contributed by atoms with Gasteiger partial charge in [-0.05, 0) is 68.1 Å². The van der Waals surface area contributed by atoms with E-state index in [0.717, 1.165) is 53.2 Å². The number of piperidine rings is 1. The summed E-state index contributed by atoms with van der Waals surface area (Å²) >= 11 is 0. The van der Waals surface area contributed by atoms with Crippen molar-refractivity contribution in [2.75, 3.05) is 0 Å². The zero-order valence-electron chi connectivity index (χ0n) is 18.1. The van der Waals surface area contributed by atoms with E-state index in [2.05, 4.69) is 4.98 Å². The zero-order chi connectivity index (χ0) is 22.7. The van der Waals surface area contributed by atoms with Crippen molar-refractivity contribution in [3.63, 3.8) is 0 Å². The van der Waals surface area contributed by atoms with Crippen molar-refractivity contribution in [2.45, 2.75) is 37.8 Å². The number of nitrogens with zero attached hydrogens (tertiary/aromatic N) is 4. The third kappa shape index (κ3) is 3.14. The Kier molecular flexibility index (Phi) is 4.54. The first kappa shape index (κ1) is 20.0. The lowest BCUT2D eigenvalue weighted by atomic mass is 9.81. The Hall–Kier alpha value is -3.61. The van der Waals surface area contributed by atoms with Gasteiger partial charge in [0.25, 0.3) is 5.91 Å². The average molecular weight is 444 g/mol. The third-order valence-electron chi connectivity index (χ3n) is 6.95. The number of amides is 1. The Morgan fingerprint density at radius 1 is 1.06 bits per heavy atom. The normalized spacial score (nSPS) is 19.5. The minimum absolute atomic E-state index is 0.00105. The van der Waals surface area contributed by atoms with Gasteiger partial charge in [-0.2, -0.15) is 5.10 Å². The number of pyridine rings is 1. The van der Waals surface area contributed by atoms with Gasteiger partial charge in [0.1, 0.15) is 0 Å². The van der Waals surface area contributed by atoms with E-state index in [9.17, 15) is 13.6 Å². The van der Waals surface area contributed by atoms with Crippen LogP contribution in [0.3, 0.4) is 0 Å². The van der Waals surface area contributed by atoms with Crippen LogP contribution in [0.4, 0.5) is 8.78 Å². The molecular formula is C26H22F2N4O. The largest absolute Gasteiger partial charge is 0.327 e. The number of aromatic nitrogens is 3. The minimum atomic E-state index is -0.874. The second kappa shape index (κ2) is 7.47. The summed E-state index contributed by atoms with van der Waals surface area (Å²) < 4.78 is 29.2. The topological polar surface area (TPSA) is 51.0 Å². The van der Waals surface area contributed by atoms with Crippen LogP contribution in [-0.2, 0) is 13.5 Å². The summed E-state index contributed by atoms with van der Waals surface area (Å²) in [4.78, 5) is 20.0. The molecule has 4 heterocycles. The fraction of sp³-hybridized carbons (Fsp3) is 0.269. The smallest absolute Gasteiger partial charge is 0.254 e. The number of rotatable bonds is 2. The summed E-state index contributed by atoms with van der Waals surface area (Å²) in [5.41, 5.74) is 4.80. The van der Waals surface area contributed by atoms with E-state index in [1.165, 1.54) is 6.07 Å². The lowest BCUT2D eigenvalue weighted by Crippen LogP contribution is -2.49. The Bertz CT molecular complexity index is 1410. The molecule has 2 aliphatic heterocycles. The molecular weight excluding hydrogens is 422 g/mol. The molecule has 0 aliphatic carbocycles. The number of halogens is 2. The molecule has 4 aromatic rings. The molecule has 1 amide bonds. The molecule has 0 saturated carbocycles. The number of hydrogen-bond acceptors (Lipinski definition) is 3. The Morgan fingerprint density at radius 3 is 2.79 bits per heavy atom. The number of carbonyl (C=O) groups excluding carboxylic acids is 1. The molecule has 1 saturated heterocycles. The summed E-state index contributed by atoms with van der Waals surface area (Å²) in [7, 11) is 1.82. The highest BCUT2D eigenvalue weighted by atomic mass is 19.2. The van der Waals surface area contributed by atoms with E-state index in [0.29, 0.717) is 17.5 Å². The molecule has 2 aromatic carbocycles. The molecule has 5 nitrogen and oxygen atoms in total. The van der Waals surface area contributed by atoms with E-state index in [1.807, 2.05) is 42.3 Å². The quantitative estimate of drug-likeness (QED) is 0.427. The highest BCUT2D eigenvalue weighted by Gasteiger charge is 2.43.